The zero-order valence-corrected chi connectivity index (χ0v) is 20.0. The molecule has 0 unspecified atom stereocenters. The van der Waals surface area contributed by atoms with Crippen molar-refractivity contribution in [1.82, 2.24) is 9.21 Å². The molecule has 1 amide bonds. The number of anilines is 1. The van der Waals surface area contributed by atoms with E-state index in [0.29, 0.717) is 62.1 Å². The van der Waals surface area contributed by atoms with Crippen LogP contribution in [0.2, 0.25) is 0 Å². The lowest BCUT2D eigenvalue weighted by atomic mass is 10.1. The van der Waals surface area contributed by atoms with E-state index < -0.39 is 10.0 Å². The van der Waals surface area contributed by atoms with Crippen LogP contribution in [-0.2, 0) is 14.8 Å². The molecule has 2 aromatic carbocycles. The highest BCUT2D eigenvalue weighted by Gasteiger charge is 2.28. The molecule has 2 aliphatic rings. The Morgan fingerprint density at radius 3 is 2.41 bits per heavy atom. The maximum absolute atomic E-state index is 13.0. The van der Waals surface area contributed by atoms with Crippen molar-refractivity contribution in [2.45, 2.75) is 24.7 Å². The highest BCUT2D eigenvalue weighted by Crippen LogP contribution is 2.31. The van der Waals surface area contributed by atoms with Gasteiger partial charge in [-0.15, -0.1) is 0 Å². The number of Topliss-reactive ketones (excluding diaryl/α,β-unsaturated/α-hetero) is 1. The van der Waals surface area contributed by atoms with Crippen molar-refractivity contribution in [1.29, 1.82) is 0 Å². The second-order valence-electron chi connectivity index (χ2n) is 8.20. The lowest BCUT2D eigenvalue weighted by molar-refractivity contribution is -0.116. The normalized spacial score (nSPS) is 16.7. The predicted molar refractivity (Wildman–Crippen MR) is 127 cm³/mol. The van der Waals surface area contributed by atoms with Gasteiger partial charge in [-0.3, -0.25) is 9.59 Å². The number of hydrogen-bond donors (Lipinski definition) is 1. The quantitative estimate of drug-likeness (QED) is 0.570. The monoisotopic (exact) mass is 487 g/mol. The molecule has 0 aliphatic carbocycles. The minimum atomic E-state index is -3.64. The molecule has 2 heterocycles. The van der Waals surface area contributed by atoms with Crippen molar-refractivity contribution < 1.29 is 27.5 Å². The van der Waals surface area contributed by atoms with Crippen LogP contribution in [0.3, 0.4) is 0 Å². The predicted octanol–water partition coefficient (Wildman–Crippen LogP) is 2.39. The van der Waals surface area contributed by atoms with E-state index in [9.17, 15) is 18.0 Å². The summed E-state index contributed by atoms with van der Waals surface area (Å²) in [6.45, 7) is 6.12. The number of fused-ring (bicyclic) bond motifs is 1. The maximum Gasteiger partial charge on any atom is 0.243 e. The van der Waals surface area contributed by atoms with Crippen LogP contribution in [0.15, 0.2) is 47.4 Å². The van der Waals surface area contributed by atoms with E-state index in [1.165, 1.54) is 16.4 Å². The molecule has 0 aromatic heterocycles. The van der Waals surface area contributed by atoms with Gasteiger partial charge in [0.25, 0.3) is 0 Å². The molecule has 1 saturated heterocycles. The first-order valence-electron chi connectivity index (χ1n) is 11.4. The van der Waals surface area contributed by atoms with Crippen LogP contribution < -0.4 is 14.8 Å². The highest BCUT2D eigenvalue weighted by molar-refractivity contribution is 7.89. The second kappa shape index (κ2) is 10.5. The van der Waals surface area contributed by atoms with Crippen molar-refractivity contribution in [3.63, 3.8) is 0 Å². The number of rotatable bonds is 8. The molecule has 0 saturated carbocycles. The van der Waals surface area contributed by atoms with Crippen molar-refractivity contribution in [3.05, 3.63) is 48.0 Å². The number of likely N-dealkylation sites (N-methyl/N-ethyl adjacent to an activating group) is 1. The molecule has 1 fully saturated rings. The first-order valence-corrected chi connectivity index (χ1v) is 12.9. The molecule has 0 atom stereocenters. The third-order valence-electron chi connectivity index (χ3n) is 5.98. The van der Waals surface area contributed by atoms with Gasteiger partial charge in [-0.25, -0.2) is 8.42 Å². The van der Waals surface area contributed by atoms with Crippen molar-refractivity contribution in [3.8, 4) is 11.5 Å². The van der Waals surface area contributed by atoms with Gasteiger partial charge in [0.1, 0.15) is 13.2 Å². The van der Waals surface area contributed by atoms with Crippen LogP contribution in [0.4, 0.5) is 5.69 Å². The van der Waals surface area contributed by atoms with Gasteiger partial charge in [0, 0.05) is 50.3 Å². The third kappa shape index (κ3) is 5.57. The number of piperazine rings is 1. The Hall–Kier alpha value is -2.95. The molecule has 9 nitrogen and oxygen atoms in total. The number of ketones is 1. The molecular formula is C24H29N3O6S. The molecule has 0 bridgehead atoms. The van der Waals surface area contributed by atoms with Gasteiger partial charge < -0.3 is 19.7 Å². The minimum absolute atomic E-state index is 0.0190. The summed E-state index contributed by atoms with van der Waals surface area (Å²) >= 11 is 0. The summed E-state index contributed by atoms with van der Waals surface area (Å²) in [6, 6.07) is 11.2. The van der Waals surface area contributed by atoms with Crippen LogP contribution in [-0.4, -0.2) is 75.3 Å². The average Bonchev–Trinajstić information content (AvgIpc) is 2.87. The number of hydrogen-bond acceptors (Lipinski definition) is 7. The number of benzene rings is 2. The highest BCUT2D eigenvalue weighted by atomic mass is 32.2. The third-order valence-corrected chi connectivity index (χ3v) is 7.87. The number of ether oxygens (including phenoxy) is 2. The Kier molecular flexibility index (Phi) is 7.50. The Balaban J connectivity index is 1.34. The Morgan fingerprint density at radius 1 is 0.941 bits per heavy atom. The second-order valence-corrected chi connectivity index (χ2v) is 10.1. The number of nitrogens with one attached hydrogen (secondary N) is 1. The van der Waals surface area contributed by atoms with Crippen LogP contribution >= 0.6 is 0 Å². The van der Waals surface area contributed by atoms with E-state index in [2.05, 4.69) is 17.1 Å². The SMILES string of the molecule is CCN1CCN(S(=O)(=O)c2cccc(NC(=O)CCC(=O)c3ccc4c(c3)OCCO4)c2)CC1. The van der Waals surface area contributed by atoms with Gasteiger partial charge in [0.15, 0.2) is 17.3 Å². The number of carbonyl (C=O) groups is 2. The fraction of sp³-hybridized carbons (Fsp3) is 0.417. The molecule has 0 spiro atoms. The lowest BCUT2D eigenvalue weighted by Gasteiger charge is -2.33. The minimum Gasteiger partial charge on any atom is -0.486 e. The van der Waals surface area contributed by atoms with E-state index in [0.717, 1.165) is 6.54 Å². The van der Waals surface area contributed by atoms with Gasteiger partial charge in [0.05, 0.1) is 4.90 Å². The standard InChI is InChI=1S/C24H29N3O6S/c1-2-26-10-12-27(13-11-26)34(30,31)20-5-3-4-19(17-20)25-24(29)9-7-21(28)18-6-8-22-23(16-18)33-15-14-32-22/h3-6,8,16-17H,2,7,9-15H2,1H3,(H,25,29). The molecule has 0 radical (unpaired) electrons. The van der Waals surface area contributed by atoms with Gasteiger partial charge in [0.2, 0.25) is 15.9 Å². The Bertz CT molecular complexity index is 1160. The van der Waals surface area contributed by atoms with Gasteiger partial charge in [-0.1, -0.05) is 13.0 Å². The van der Waals surface area contributed by atoms with Crippen LogP contribution in [0, 0.1) is 0 Å². The van der Waals surface area contributed by atoms with E-state index in [1.54, 1.807) is 30.3 Å². The largest absolute Gasteiger partial charge is 0.486 e. The summed E-state index contributed by atoms with van der Waals surface area (Å²) in [4.78, 5) is 27.3. The zero-order valence-electron chi connectivity index (χ0n) is 19.2. The van der Waals surface area contributed by atoms with Gasteiger partial charge >= 0.3 is 0 Å². The van der Waals surface area contributed by atoms with E-state index in [4.69, 9.17) is 9.47 Å². The van der Waals surface area contributed by atoms with Crippen molar-refractivity contribution in [2.75, 3.05) is 51.3 Å². The molecule has 4 rings (SSSR count). The van der Waals surface area contributed by atoms with E-state index in [1.807, 2.05) is 0 Å². The van der Waals surface area contributed by atoms with Crippen molar-refractivity contribution in [2.24, 2.45) is 0 Å². The smallest absolute Gasteiger partial charge is 0.243 e. The Labute approximate surface area is 199 Å². The fourth-order valence-corrected chi connectivity index (χ4v) is 5.45. The molecular weight excluding hydrogens is 458 g/mol. The first kappa shape index (κ1) is 24.2. The van der Waals surface area contributed by atoms with Crippen LogP contribution in [0.1, 0.15) is 30.1 Å². The van der Waals surface area contributed by atoms with Crippen molar-refractivity contribution >= 4 is 27.4 Å². The van der Waals surface area contributed by atoms with E-state index in [-0.39, 0.29) is 29.4 Å². The average molecular weight is 488 g/mol. The number of nitrogens with zero attached hydrogens (tertiary/aromatic N) is 2. The van der Waals surface area contributed by atoms with Gasteiger partial charge in [-0.2, -0.15) is 4.31 Å². The summed E-state index contributed by atoms with van der Waals surface area (Å²) < 4.78 is 38.5. The number of carbonyl (C=O) groups excluding carboxylic acids is 2. The molecule has 1 N–H and O–H groups in total. The van der Waals surface area contributed by atoms with E-state index >= 15 is 0 Å². The topological polar surface area (TPSA) is 105 Å². The van der Waals surface area contributed by atoms with Crippen LogP contribution in [0.25, 0.3) is 0 Å². The summed E-state index contributed by atoms with van der Waals surface area (Å²) in [5.41, 5.74) is 0.832. The zero-order chi connectivity index (χ0) is 24.1. The fourth-order valence-electron chi connectivity index (χ4n) is 3.98. The summed E-state index contributed by atoms with van der Waals surface area (Å²) in [5, 5.41) is 2.70. The molecule has 2 aliphatic heterocycles. The molecule has 34 heavy (non-hydrogen) atoms. The summed E-state index contributed by atoms with van der Waals surface area (Å²) in [6.07, 6.45) is -0.00555. The first-order chi connectivity index (χ1) is 16.4. The lowest BCUT2D eigenvalue weighted by Crippen LogP contribution is -2.48. The Morgan fingerprint density at radius 2 is 1.68 bits per heavy atom. The maximum atomic E-state index is 13.0. The summed E-state index contributed by atoms with van der Waals surface area (Å²) in [5.74, 6) is 0.574. The molecule has 2 aromatic rings. The number of sulfonamides is 1. The number of amides is 1. The summed E-state index contributed by atoms with van der Waals surface area (Å²) in [7, 11) is -3.64. The van der Waals surface area contributed by atoms with Crippen LogP contribution in [0.5, 0.6) is 11.5 Å². The van der Waals surface area contributed by atoms with Gasteiger partial charge in [-0.05, 0) is 42.9 Å². The molecule has 182 valence electrons. The molecule has 10 heteroatoms.